The van der Waals surface area contributed by atoms with Crippen molar-refractivity contribution in [2.45, 2.75) is 26.9 Å². The topological polar surface area (TPSA) is 81.0 Å². The van der Waals surface area contributed by atoms with E-state index in [1.54, 1.807) is 30.5 Å². The van der Waals surface area contributed by atoms with Crippen LogP contribution in [0.15, 0.2) is 12.1 Å². The van der Waals surface area contributed by atoms with Crippen molar-refractivity contribution < 1.29 is 24.2 Å². The van der Waals surface area contributed by atoms with Crippen LogP contribution in [-0.2, 0) is 27.4 Å². The second-order valence-corrected chi connectivity index (χ2v) is 6.04. The number of aromatic hydroxyl groups is 1. The van der Waals surface area contributed by atoms with E-state index in [1.807, 2.05) is 19.0 Å². The van der Waals surface area contributed by atoms with Crippen LogP contribution in [0.3, 0.4) is 0 Å². The van der Waals surface area contributed by atoms with E-state index in [2.05, 4.69) is 0 Å². The number of hydrogen-bond donors (Lipinski definition) is 1. The summed E-state index contributed by atoms with van der Waals surface area (Å²) in [4.78, 5) is 26.2. The van der Waals surface area contributed by atoms with Crippen LogP contribution in [0, 0.1) is 6.92 Å². The molecule has 0 amide bonds. The van der Waals surface area contributed by atoms with Crippen molar-refractivity contribution in [1.29, 1.82) is 0 Å². The summed E-state index contributed by atoms with van der Waals surface area (Å²) in [6, 6.07) is 3.27. The Morgan fingerprint density at radius 3 is 2.46 bits per heavy atom. The maximum Gasteiger partial charge on any atom is 0.340 e. The summed E-state index contributed by atoms with van der Waals surface area (Å²) in [7, 11) is 5.07. The molecule has 2 rings (SSSR count). The molecule has 0 atom stereocenters. The van der Waals surface area contributed by atoms with Crippen LogP contribution in [0.2, 0.25) is 0 Å². The van der Waals surface area contributed by atoms with Crippen molar-refractivity contribution in [3.8, 4) is 5.75 Å². The standard InChI is InChI=1S/C18H24N2O5.ClH/c1-6-25-18(23)16-11(2)20(10-15(22)24-5)13-7-8-14(21)12(17(13)16)9-19(3)4;/h7-8,21H,6,9-10H2,1-5H3;1H. The molecule has 1 aromatic carbocycles. The lowest BCUT2D eigenvalue weighted by molar-refractivity contribution is -0.141. The molecule has 144 valence electrons. The average molecular weight is 385 g/mol. The normalized spacial score (nSPS) is 10.7. The lowest BCUT2D eigenvalue weighted by Gasteiger charge is -2.14. The molecular weight excluding hydrogens is 360 g/mol. The number of phenolic OH excluding ortho intramolecular Hbond substituents is 1. The van der Waals surface area contributed by atoms with Crippen LogP contribution < -0.4 is 0 Å². The van der Waals surface area contributed by atoms with Gasteiger partial charge in [0, 0.05) is 23.2 Å². The Morgan fingerprint density at radius 1 is 1.27 bits per heavy atom. The maximum atomic E-state index is 12.6. The van der Waals surface area contributed by atoms with E-state index in [4.69, 9.17) is 9.47 Å². The van der Waals surface area contributed by atoms with Crippen molar-refractivity contribution >= 4 is 35.2 Å². The number of carbonyl (C=O) groups is 2. The third-order valence-electron chi connectivity index (χ3n) is 4.04. The van der Waals surface area contributed by atoms with Crippen molar-refractivity contribution in [1.82, 2.24) is 9.47 Å². The molecule has 1 aromatic heterocycles. The fourth-order valence-corrected chi connectivity index (χ4v) is 2.95. The molecule has 0 unspecified atom stereocenters. The van der Waals surface area contributed by atoms with Gasteiger partial charge in [0.15, 0.2) is 0 Å². The number of phenols is 1. The number of rotatable bonds is 6. The van der Waals surface area contributed by atoms with Crippen LogP contribution in [0.5, 0.6) is 5.75 Å². The predicted molar refractivity (Wildman–Crippen MR) is 101 cm³/mol. The summed E-state index contributed by atoms with van der Waals surface area (Å²) in [5.41, 5.74) is 2.27. The van der Waals surface area contributed by atoms with Gasteiger partial charge in [-0.15, -0.1) is 12.4 Å². The molecule has 1 heterocycles. The highest BCUT2D eigenvalue weighted by atomic mass is 35.5. The van der Waals surface area contributed by atoms with Crippen LogP contribution in [0.25, 0.3) is 10.9 Å². The number of nitrogens with zero attached hydrogens (tertiary/aromatic N) is 2. The van der Waals surface area contributed by atoms with Gasteiger partial charge < -0.3 is 24.0 Å². The van der Waals surface area contributed by atoms with Crippen LogP contribution in [0.4, 0.5) is 0 Å². The number of carbonyl (C=O) groups excluding carboxylic acids is 2. The SMILES string of the molecule is CCOC(=O)c1c(C)n(CC(=O)OC)c2ccc(O)c(CN(C)C)c12.Cl. The largest absolute Gasteiger partial charge is 0.508 e. The van der Waals surface area contributed by atoms with Gasteiger partial charge in [0.25, 0.3) is 0 Å². The number of fused-ring (bicyclic) bond motifs is 1. The van der Waals surface area contributed by atoms with Crippen molar-refractivity contribution in [3.63, 3.8) is 0 Å². The molecule has 0 saturated heterocycles. The number of aromatic nitrogens is 1. The second kappa shape index (κ2) is 8.91. The van der Waals surface area contributed by atoms with E-state index in [-0.39, 0.29) is 31.3 Å². The molecule has 0 saturated carbocycles. The first kappa shape index (κ1) is 21.8. The molecule has 0 fully saturated rings. The highest BCUT2D eigenvalue weighted by Gasteiger charge is 2.26. The summed E-state index contributed by atoms with van der Waals surface area (Å²) < 4.78 is 11.7. The second-order valence-electron chi connectivity index (χ2n) is 6.04. The Hall–Kier alpha value is -2.25. The zero-order valence-electron chi connectivity index (χ0n) is 15.7. The Bertz CT molecular complexity index is 814. The number of ether oxygens (including phenoxy) is 2. The minimum atomic E-state index is -0.473. The zero-order chi connectivity index (χ0) is 18.7. The van der Waals surface area contributed by atoms with Crippen molar-refractivity contribution in [2.75, 3.05) is 27.8 Å². The predicted octanol–water partition coefficient (Wildman–Crippen LogP) is 2.49. The summed E-state index contributed by atoms with van der Waals surface area (Å²) in [5, 5.41) is 10.9. The minimum absolute atomic E-state index is 0. The van der Waals surface area contributed by atoms with E-state index in [0.717, 1.165) is 0 Å². The molecular formula is C18H25ClN2O5. The van der Waals surface area contributed by atoms with Gasteiger partial charge in [-0.1, -0.05) is 0 Å². The molecule has 2 aromatic rings. The lowest BCUT2D eigenvalue weighted by Crippen LogP contribution is -2.13. The van der Waals surface area contributed by atoms with Gasteiger partial charge in [0.1, 0.15) is 12.3 Å². The lowest BCUT2D eigenvalue weighted by atomic mass is 10.0. The number of halogens is 1. The van der Waals surface area contributed by atoms with Gasteiger partial charge in [0.05, 0.1) is 24.8 Å². The Balaban J connectivity index is 0.00000338. The average Bonchev–Trinajstić information content (AvgIpc) is 2.82. The molecule has 26 heavy (non-hydrogen) atoms. The monoisotopic (exact) mass is 384 g/mol. The quantitative estimate of drug-likeness (QED) is 0.770. The first-order valence-electron chi connectivity index (χ1n) is 8.04. The van der Waals surface area contributed by atoms with E-state index in [1.165, 1.54) is 7.11 Å². The Labute approximate surface area is 158 Å². The van der Waals surface area contributed by atoms with Gasteiger partial charge in [0.2, 0.25) is 0 Å². The summed E-state index contributed by atoms with van der Waals surface area (Å²) in [6.45, 7) is 4.15. The molecule has 7 nitrogen and oxygen atoms in total. The molecule has 0 bridgehead atoms. The van der Waals surface area contributed by atoms with E-state index in [0.29, 0.717) is 34.3 Å². The summed E-state index contributed by atoms with van der Waals surface area (Å²) >= 11 is 0. The van der Waals surface area contributed by atoms with E-state index < -0.39 is 11.9 Å². The molecule has 8 heteroatoms. The third-order valence-corrected chi connectivity index (χ3v) is 4.04. The van der Waals surface area contributed by atoms with Gasteiger partial charge in [-0.25, -0.2) is 4.79 Å². The fourth-order valence-electron chi connectivity index (χ4n) is 2.95. The molecule has 1 N–H and O–H groups in total. The van der Waals surface area contributed by atoms with E-state index >= 15 is 0 Å². The first-order valence-corrected chi connectivity index (χ1v) is 8.04. The fraction of sp³-hybridized carbons (Fsp3) is 0.444. The smallest absolute Gasteiger partial charge is 0.340 e. The van der Waals surface area contributed by atoms with Gasteiger partial charge in [-0.2, -0.15) is 0 Å². The van der Waals surface area contributed by atoms with Gasteiger partial charge in [-0.3, -0.25) is 4.79 Å². The zero-order valence-corrected chi connectivity index (χ0v) is 16.5. The highest BCUT2D eigenvalue weighted by molar-refractivity contribution is 6.08. The molecule has 0 aliphatic rings. The number of benzene rings is 1. The maximum absolute atomic E-state index is 12.6. The molecule has 0 aliphatic heterocycles. The molecule has 0 spiro atoms. The summed E-state index contributed by atoms with van der Waals surface area (Å²) in [5.74, 6) is -0.793. The number of esters is 2. The minimum Gasteiger partial charge on any atom is -0.508 e. The Kier molecular flexibility index (Phi) is 7.47. The summed E-state index contributed by atoms with van der Waals surface area (Å²) in [6.07, 6.45) is 0. The third kappa shape index (κ3) is 4.11. The molecule has 0 aliphatic carbocycles. The van der Waals surface area contributed by atoms with Crippen molar-refractivity contribution in [3.05, 3.63) is 29.0 Å². The first-order chi connectivity index (χ1) is 11.8. The van der Waals surface area contributed by atoms with E-state index in [9.17, 15) is 14.7 Å². The molecule has 0 radical (unpaired) electrons. The van der Waals surface area contributed by atoms with Gasteiger partial charge >= 0.3 is 11.9 Å². The van der Waals surface area contributed by atoms with Gasteiger partial charge in [-0.05, 0) is 40.1 Å². The van der Waals surface area contributed by atoms with Crippen LogP contribution >= 0.6 is 12.4 Å². The van der Waals surface area contributed by atoms with Crippen LogP contribution in [-0.4, -0.2) is 54.3 Å². The van der Waals surface area contributed by atoms with Crippen molar-refractivity contribution in [2.24, 2.45) is 0 Å². The highest BCUT2D eigenvalue weighted by Crippen LogP contribution is 2.35. The van der Waals surface area contributed by atoms with Crippen LogP contribution in [0.1, 0.15) is 28.5 Å². The number of hydrogen-bond acceptors (Lipinski definition) is 6. The Morgan fingerprint density at radius 2 is 1.92 bits per heavy atom. The number of methoxy groups -OCH3 is 1.